The normalized spacial score (nSPS) is 17.3. The van der Waals surface area contributed by atoms with Crippen molar-refractivity contribution in [3.05, 3.63) is 30.1 Å². The largest absolute Gasteiger partial charge is 0.378 e. The van der Waals surface area contributed by atoms with Crippen LogP contribution >= 0.6 is 0 Å². The van der Waals surface area contributed by atoms with Crippen LogP contribution in [-0.2, 0) is 9.53 Å². The van der Waals surface area contributed by atoms with Crippen molar-refractivity contribution in [2.24, 2.45) is 0 Å². The SMILES string of the molecule is CCCN(CCC(=O)N1CCOCC1)c1nc(C2CC2)nc2ccccc12. The maximum absolute atomic E-state index is 12.6. The number of ether oxygens (including phenoxy) is 1. The molecule has 1 amide bonds. The summed E-state index contributed by atoms with van der Waals surface area (Å²) in [4.78, 5) is 26.5. The molecule has 2 fully saturated rings. The van der Waals surface area contributed by atoms with E-state index in [2.05, 4.69) is 24.0 Å². The van der Waals surface area contributed by atoms with Crippen molar-refractivity contribution in [3.63, 3.8) is 0 Å². The average Bonchev–Trinajstić information content (AvgIpc) is 3.56. The van der Waals surface area contributed by atoms with Gasteiger partial charge in [-0.25, -0.2) is 9.97 Å². The topological polar surface area (TPSA) is 58.6 Å². The van der Waals surface area contributed by atoms with E-state index in [1.165, 1.54) is 12.8 Å². The lowest BCUT2D eigenvalue weighted by Gasteiger charge is -2.29. The second-order valence-electron chi connectivity index (χ2n) is 7.43. The van der Waals surface area contributed by atoms with Crippen LogP contribution in [0.1, 0.15) is 44.3 Å². The third kappa shape index (κ3) is 4.21. The van der Waals surface area contributed by atoms with Gasteiger partial charge in [-0.15, -0.1) is 0 Å². The van der Waals surface area contributed by atoms with E-state index in [-0.39, 0.29) is 5.91 Å². The molecule has 2 heterocycles. The Morgan fingerprint density at radius 1 is 1.19 bits per heavy atom. The number of amides is 1. The van der Waals surface area contributed by atoms with E-state index in [1.54, 1.807) is 0 Å². The van der Waals surface area contributed by atoms with Gasteiger partial charge in [-0.1, -0.05) is 19.1 Å². The Bertz CT molecular complexity index is 800. The number of benzene rings is 1. The molecule has 0 spiro atoms. The zero-order chi connectivity index (χ0) is 18.6. The van der Waals surface area contributed by atoms with Crippen molar-refractivity contribution < 1.29 is 9.53 Å². The molecule has 144 valence electrons. The Balaban J connectivity index is 1.56. The van der Waals surface area contributed by atoms with Gasteiger partial charge in [0.05, 0.1) is 18.7 Å². The van der Waals surface area contributed by atoms with Crippen LogP contribution in [0.2, 0.25) is 0 Å². The summed E-state index contributed by atoms with van der Waals surface area (Å²) in [5.74, 6) is 2.66. The van der Waals surface area contributed by atoms with Crippen LogP contribution in [0.3, 0.4) is 0 Å². The predicted octanol–water partition coefficient (Wildman–Crippen LogP) is 2.97. The quantitative estimate of drug-likeness (QED) is 0.752. The van der Waals surface area contributed by atoms with E-state index < -0.39 is 0 Å². The summed E-state index contributed by atoms with van der Waals surface area (Å²) in [5.41, 5.74) is 1.00. The molecule has 6 nitrogen and oxygen atoms in total. The fourth-order valence-electron chi connectivity index (χ4n) is 3.64. The Hall–Kier alpha value is -2.21. The van der Waals surface area contributed by atoms with Crippen molar-refractivity contribution in [2.75, 3.05) is 44.3 Å². The molecule has 6 heteroatoms. The number of fused-ring (bicyclic) bond motifs is 1. The molecule has 2 aliphatic rings. The molecule has 1 aliphatic carbocycles. The van der Waals surface area contributed by atoms with Crippen LogP contribution in [0.5, 0.6) is 0 Å². The first-order valence-electron chi connectivity index (χ1n) is 10.1. The van der Waals surface area contributed by atoms with Crippen LogP contribution in [0, 0.1) is 0 Å². The molecular formula is C21H28N4O2. The third-order valence-corrected chi connectivity index (χ3v) is 5.30. The second-order valence-corrected chi connectivity index (χ2v) is 7.43. The smallest absolute Gasteiger partial charge is 0.224 e. The predicted molar refractivity (Wildman–Crippen MR) is 106 cm³/mol. The first-order valence-corrected chi connectivity index (χ1v) is 10.1. The van der Waals surface area contributed by atoms with Gasteiger partial charge in [-0.2, -0.15) is 0 Å². The minimum absolute atomic E-state index is 0.209. The summed E-state index contributed by atoms with van der Waals surface area (Å²) in [6, 6.07) is 8.22. The lowest BCUT2D eigenvalue weighted by Crippen LogP contribution is -2.42. The number of hydrogen-bond donors (Lipinski definition) is 0. The number of aromatic nitrogens is 2. The summed E-state index contributed by atoms with van der Waals surface area (Å²) >= 11 is 0. The number of anilines is 1. The second kappa shape index (κ2) is 8.21. The highest BCUT2D eigenvalue weighted by Gasteiger charge is 2.28. The fourth-order valence-corrected chi connectivity index (χ4v) is 3.64. The van der Waals surface area contributed by atoms with E-state index in [0.717, 1.165) is 35.5 Å². The fraction of sp³-hybridized carbons (Fsp3) is 0.571. The number of hydrogen-bond acceptors (Lipinski definition) is 5. The number of carbonyl (C=O) groups is 1. The molecule has 1 saturated heterocycles. The maximum Gasteiger partial charge on any atom is 0.224 e. The Kier molecular flexibility index (Phi) is 5.53. The van der Waals surface area contributed by atoms with Crippen molar-refractivity contribution >= 4 is 22.6 Å². The number of nitrogens with zero attached hydrogens (tertiary/aromatic N) is 4. The van der Waals surface area contributed by atoms with E-state index in [4.69, 9.17) is 14.7 Å². The summed E-state index contributed by atoms with van der Waals surface area (Å²) in [6.45, 7) is 6.44. The first-order chi connectivity index (χ1) is 13.3. The van der Waals surface area contributed by atoms with Gasteiger partial charge in [0.15, 0.2) is 0 Å². The molecule has 1 aromatic carbocycles. The van der Waals surface area contributed by atoms with Crippen LogP contribution in [0.25, 0.3) is 10.9 Å². The molecule has 0 radical (unpaired) electrons. The van der Waals surface area contributed by atoms with Crippen molar-refractivity contribution in [2.45, 2.75) is 38.5 Å². The zero-order valence-electron chi connectivity index (χ0n) is 16.1. The Labute approximate surface area is 160 Å². The van der Waals surface area contributed by atoms with Gasteiger partial charge in [0.1, 0.15) is 11.6 Å². The Morgan fingerprint density at radius 2 is 1.96 bits per heavy atom. The van der Waals surface area contributed by atoms with Gasteiger partial charge in [0.25, 0.3) is 0 Å². The van der Waals surface area contributed by atoms with Crippen LogP contribution < -0.4 is 4.90 Å². The third-order valence-electron chi connectivity index (χ3n) is 5.30. The molecule has 2 aromatic rings. The minimum Gasteiger partial charge on any atom is -0.378 e. The summed E-state index contributed by atoms with van der Waals surface area (Å²) < 4.78 is 5.35. The molecule has 4 rings (SSSR count). The highest BCUT2D eigenvalue weighted by atomic mass is 16.5. The molecule has 1 aromatic heterocycles. The molecule has 0 unspecified atom stereocenters. The van der Waals surface area contributed by atoms with Gasteiger partial charge in [0.2, 0.25) is 5.91 Å². The summed E-state index contributed by atoms with van der Waals surface area (Å²) in [6.07, 6.45) is 3.89. The molecule has 1 aliphatic heterocycles. The monoisotopic (exact) mass is 368 g/mol. The van der Waals surface area contributed by atoms with Gasteiger partial charge in [-0.05, 0) is 31.4 Å². The minimum atomic E-state index is 0.209. The van der Waals surface area contributed by atoms with E-state index >= 15 is 0 Å². The number of morpholine rings is 1. The highest BCUT2D eigenvalue weighted by Crippen LogP contribution is 2.39. The Morgan fingerprint density at radius 3 is 2.70 bits per heavy atom. The van der Waals surface area contributed by atoms with Gasteiger partial charge >= 0.3 is 0 Å². The standard InChI is InChI=1S/C21H28N4O2/c1-2-10-25(11-9-19(26)24-12-14-27-15-13-24)21-17-5-3-4-6-18(17)22-20(23-21)16-7-8-16/h3-6,16H,2,7-15H2,1H3. The molecule has 27 heavy (non-hydrogen) atoms. The van der Waals surface area contributed by atoms with Gasteiger partial charge in [-0.3, -0.25) is 4.79 Å². The van der Waals surface area contributed by atoms with Gasteiger partial charge in [0, 0.05) is 43.9 Å². The van der Waals surface area contributed by atoms with E-state index in [1.807, 2.05) is 17.0 Å². The molecule has 0 bridgehead atoms. The van der Waals surface area contributed by atoms with Crippen LogP contribution in [0.4, 0.5) is 5.82 Å². The molecule has 1 saturated carbocycles. The summed E-state index contributed by atoms with van der Waals surface area (Å²) in [5, 5.41) is 1.08. The highest BCUT2D eigenvalue weighted by molar-refractivity contribution is 5.89. The molecular weight excluding hydrogens is 340 g/mol. The van der Waals surface area contributed by atoms with Crippen LogP contribution in [0.15, 0.2) is 24.3 Å². The van der Waals surface area contributed by atoms with Crippen molar-refractivity contribution in [1.82, 2.24) is 14.9 Å². The summed E-state index contributed by atoms with van der Waals surface area (Å²) in [7, 11) is 0. The number of carbonyl (C=O) groups excluding carboxylic acids is 1. The maximum atomic E-state index is 12.6. The van der Waals surface area contributed by atoms with E-state index in [0.29, 0.717) is 45.2 Å². The lowest BCUT2D eigenvalue weighted by molar-refractivity contribution is -0.135. The van der Waals surface area contributed by atoms with Crippen LogP contribution in [-0.4, -0.2) is 60.2 Å². The van der Waals surface area contributed by atoms with Gasteiger partial charge < -0.3 is 14.5 Å². The average molecular weight is 368 g/mol. The molecule has 0 atom stereocenters. The zero-order valence-corrected chi connectivity index (χ0v) is 16.1. The van der Waals surface area contributed by atoms with Crippen molar-refractivity contribution in [1.29, 1.82) is 0 Å². The first kappa shape index (κ1) is 18.2. The molecule has 0 N–H and O–H groups in total. The number of rotatable bonds is 7. The lowest BCUT2D eigenvalue weighted by atomic mass is 10.2. The van der Waals surface area contributed by atoms with Crippen molar-refractivity contribution in [3.8, 4) is 0 Å². The number of para-hydroxylation sites is 1. The van der Waals surface area contributed by atoms with E-state index in [9.17, 15) is 4.79 Å².